The molecule has 5 nitrogen and oxygen atoms in total. The number of nitrogens with zero attached hydrogens (tertiary/aromatic N) is 1. The quantitative estimate of drug-likeness (QED) is 0.614. The first-order valence-electron chi connectivity index (χ1n) is 5.29. The molecule has 1 heterocycles. The van der Waals surface area contributed by atoms with Gasteiger partial charge >= 0.3 is 0 Å². The van der Waals surface area contributed by atoms with Gasteiger partial charge in [-0.1, -0.05) is 12.1 Å². The van der Waals surface area contributed by atoms with Gasteiger partial charge in [-0.05, 0) is 13.3 Å². The molecular formula is C11H14N2O3. The molecule has 0 bridgehead atoms. The van der Waals surface area contributed by atoms with Crippen LogP contribution in [0, 0.1) is 10.1 Å². The second-order valence-corrected chi connectivity index (χ2v) is 3.96. The van der Waals surface area contributed by atoms with Gasteiger partial charge in [0.2, 0.25) is 0 Å². The van der Waals surface area contributed by atoms with Crippen LogP contribution in [0.1, 0.15) is 25.1 Å². The van der Waals surface area contributed by atoms with Crippen LogP contribution in [0.15, 0.2) is 24.3 Å². The average Bonchev–Trinajstić information content (AvgIpc) is 2.29. The first kappa shape index (κ1) is 11.0. The van der Waals surface area contributed by atoms with Crippen molar-refractivity contribution in [2.75, 3.05) is 6.61 Å². The van der Waals surface area contributed by atoms with E-state index in [2.05, 4.69) is 12.2 Å². The van der Waals surface area contributed by atoms with Gasteiger partial charge in [0.15, 0.2) is 0 Å². The molecule has 1 fully saturated rings. The zero-order chi connectivity index (χ0) is 11.5. The normalized spacial score (nSPS) is 25.3. The van der Waals surface area contributed by atoms with Crippen molar-refractivity contribution in [2.24, 2.45) is 0 Å². The lowest BCUT2D eigenvalue weighted by molar-refractivity contribution is -0.385. The second kappa shape index (κ2) is 4.59. The van der Waals surface area contributed by atoms with Gasteiger partial charge < -0.3 is 4.74 Å². The number of benzene rings is 1. The molecule has 5 heteroatoms. The fourth-order valence-electron chi connectivity index (χ4n) is 1.75. The highest BCUT2D eigenvalue weighted by atomic mass is 16.6. The number of hydrogen-bond donors (Lipinski definition) is 1. The maximum atomic E-state index is 10.6. The van der Waals surface area contributed by atoms with Crippen molar-refractivity contribution in [3.05, 3.63) is 39.9 Å². The zero-order valence-corrected chi connectivity index (χ0v) is 9.05. The minimum Gasteiger partial charge on any atom is -0.359 e. The van der Waals surface area contributed by atoms with Crippen LogP contribution < -0.4 is 5.32 Å². The summed E-state index contributed by atoms with van der Waals surface area (Å²) in [6.07, 6.45) is 0.731. The topological polar surface area (TPSA) is 64.4 Å². The molecule has 1 aromatic rings. The van der Waals surface area contributed by atoms with Crippen molar-refractivity contribution >= 4 is 5.69 Å². The Kier molecular flexibility index (Phi) is 3.17. The maximum Gasteiger partial charge on any atom is 0.269 e. The van der Waals surface area contributed by atoms with Crippen LogP contribution >= 0.6 is 0 Å². The summed E-state index contributed by atoms with van der Waals surface area (Å²) in [7, 11) is 0. The maximum absolute atomic E-state index is 10.6. The van der Waals surface area contributed by atoms with Gasteiger partial charge in [-0.15, -0.1) is 0 Å². The number of hydrogen-bond acceptors (Lipinski definition) is 4. The smallest absolute Gasteiger partial charge is 0.269 e. The summed E-state index contributed by atoms with van der Waals surface area (Å²) in [4.78, 5) is 10.3. The summed E-state index contributed by atoms with van der Waals surface area (Å²) >= 11 is 0. The zero-order valence-electron chi connectivity index (χ0n) is 9.05. The number of non-ortho nitro benzene ring substituents is 1. The van der Waals surface area contributed by atoms with E-state index in [9.17, 15) is 10.1 Å². The molecule has 2 atom stereocenters. The van der Waals surface area contributed by atoms with E-state index in [1.807, 2.05) is 6.07 Å². The Hall–Kier alpha value is -1.46. The molecule has 0 radical (unpaired) electrons. The van der Waals surface area contributed by atoms with Crippen LogP contribution in [0.5, 0.6) is 0 Å². The number of ether oxygens (including phenoxy) is 1. The SMILES string of the molecule is CC1CCOC(c2cccc([N+](=O)[O-])c2)N1. The molecule has 0 aliphatic carbocycles. The van der Waals surface area contributed by atoms with Gasteiger partial charge in [-0.2, -0.15) is 0 Å². The van der Waals surface area contributed by atoms with Crippen molar-refractivity contribution in [3.63, 3.8) is 0 Å². The van der Waals surface area contributed by atoms with E-state index in [0.29, 0.717) is 12.6 Å². The Morgan fingerprint density at radius 1 is 1.56 bits per heavy atom. The van der Waals surface area contributed by atoms with Crippen LogP contribution in [0.2, 0.25) is 0 Å². The Morgan fingerprint density at radius 3 is 3.06 bits per heavy atom. The minimum atomic E-state index is -0.393. The Balaban J connectivity index is 2.19. The molecule has 1 aromatic carbocycles. The Bertz CT molecular complexity index is 395. The van der Waals surface area contributed by atoms with Crippen LogP contribution in [-0.4, -0.2) is 17.6 Å². The van der Waals surface area contributed by atoms with Crippen LogP contribution in [0.4, 0.5) is 5.69 Å². The average molecular weight is 222 g/mol. The summed E-state index contributed by atoms with van der Waals surface area (Å²) in [6, 6.07) is 6.92. The van der Waals surface area contributed by atoms with Crippen LogP contribution in [-0.2, 0) is 4.74 Å². The number of nitro benzene ring substituents is 1. The van der Waals surface area contributed by atoms with E-state index in [-0.39, 0.29) is 11.9 Å². The van der Waals surface area contributed by atoms with E-state index in [1.165, 1.54) is 6.07 Å². The summed E-state index contributed by atoms with van der Waals surface area (Å²) in [5.41, 5.74) is 0.905. The van der Waals surface area contributed by atoms with E-state index in [1.54, 1.807) is 12.1 Å². The fraction of sp³-hybridized carbons (Fsp3) is 0.455. The molecule has 0 spiro atoms. The van der Waals surface area contributed by atoms with Gasteiger partial charge in [-0.25, -0.2) is 0 Å². The molecule has 0 saturated carbocycles. The molecular weight excluding hydrogens is 208 g/mol. The molecule has 1 aliphatic rings. The van der Waals surface area contributed by atoms with Gasteiger partial charge in [0.1, 0.15) is 6.23 Å². The molecule has 0 amide bonds. The molecule has 86 valence electrons. The predicted molar refractivity (Wildman–Crippen MR) is 59.0 cm³/mol. The summed E-state index contributed by atoms with van der Waals surface area (Å²) in [5.74, 6) is 0. The summed E-state index contributed by atoms with van der Waals surface area (Å²) in [6.45, 7) is 2.76. The highest BCUT2D eigenvalue weighted by Gasteiger charge is 2.21. The van der Waals surface area contributed by atoms with E-state index in [0.717, 1.165) is 12.0 Å². The Labute approximate surface area is 93.6 Å². The van der Waals surface area contributed by atoms with Crippen molar-refractivity contribution in [1.29, 1.82) is 0 Å². The molecule has 1 saturated heterocycles. The number of nitrogens with one attached hydrogen (secondary N) is 1. The lowest BCUT2D eigenvalue weighted by Gasteiger charge is -2.29. The number of rotatable bonds is 2. The summed E-state index contributed by atoms with van der Waals surface area (Å²) < 4.78 is 5.54. The van der Waals surface area contributed by atoms with E-state index in [4.69, 9.17) is 4.74 Å². The standard InChI is InChI=1S/C11H14N2O3/c1-8-5-6-16-11(12-8)9-3-2-4-10(7-9)13(14)15/h2-4,7-8,11-12H,5-6H2,1H3. The van der Waals surface area contributed by atoms with Gasteiger partial charge in [0.25, 0.3) is 5.69 Å². The fourth-order valence-corrected chi connectivity index (χ4v) is 1.75. The van der Waals surface area contributed by atoms with Crippen molar-refractivity contribution < 1.29 is 9.66 Å². The monoisotopic (exact) mass is 222 g/mol. The molecule has 1 N–H and O–H groups in total. The molecule has 2 unspecified atom stereocenters. The molecule has 1 aliphatic heterocycles. The highest BCUT2D eigenvalue weighted by Crippen LogP contribution is 2.23. The molecule has 16 heavy (non-hydrogen) atoms. The summed E-state index contributed by atoms with van der Waals surface area (Å²) in [5, 5.41) is 13.9. The van der Waals surface area contributed by atoms with Crippen molar-refractivity contribution in [2.45, 2.75) is 25.6 Å². The van der Waals surface area contributed by atoms with Gasteiger partial charge in [0.05, 0.1) is 11.5 Å². The predicted octanol–water partition coefficient (Wildman–Crippen LogP) is 1.99. The first-order valence-corrected chi connectivity index (χ1v) is 5.29. The van der Waals surface area contributed by atoms with Crippen molar-refractivity contribution in [3.8, 4) is 0 Å². The third-order valence-electron chi connectivity index (χ3n) is 2.66. The van der Waals surface area contributed by atoms with Crippen LogP contribution in [0.25, 0.3) is 0 Å². The third kappa shape index (κ3) is 2.37. The largest absolute Gasteiger partial charge is 0.359 e. The lowest BCUT2D eigenvalue weighted by atomic mass is 10.1. The second-order valence-electron chi connectivity index (χ2n) is 3.96. The van der Waals surface area contributed by atoms with E-state index < -0.39 is 4.92 Å². The third-order valence-corrected chi connectivity index (χ3v) is 2.66. The first-order chi connectivity index (χ1) is 7.66. The van der Waals surface area contributed by atoms with E-state index >= 15 is 0 Å². The molecule has 0 aromatic heterocycles. The van der Waals surface area contributed by atoms with Crippen molar-refractivity contribution in [1.82, 2.24) is 5.32 Å². The lowest BCUT2D eigenvalue weighted by Crippen LogP contribution is -2.38. The van der Waals surface area contributed by atoms with Gasteiger partial charge in [0, 0.05) is 23.7 Å². The highest BCUT2D eigenvalue weighted by molar-refractivity contribution is 5.35. The minimum absolute atomic E-state index is 0.0983. The van der Waals surface area contributed by atoms with Gasteiger partial charge in [-0.3, -0.25) is 15.4 Å². The molecule has 2 rings (SSSR count). The van der Waals surface area contributed by atoms with Crippen LogP contribution in [0.3, 0.4) is 0 Å². The number of nitro groups is 1. The Morgan fingerprint density at radius 2 is 2.38 bits per heavy atom.